The Bertz CT molecular complexity index is 1360. The molecule has 0 amide bonds. The summed E-state index contributed by atoms with van der Waals surface area (Å²) in [6.07, 6.45) is -1.22. The summed E-state index contributed by atoms with van der Waals surface area (Å²) in [5.41, 5.74) is -3.41. The second kappa shape index (κ2) is 16.2. The van der Waals surface area contributed by atoms with Crippen molar-refractivity contribution in [3.63, 3.8) is 0 Å². The minimum absolute atomic E-state index is 0.0373. The number of ketones is 2. The van der Waals surface area contributed by atoms with Gasteiger partial charge in [0.15, 0.2) is 23.1 Å². The number of aliphatic hydroxyl groups is 4. The lowest BCUT2D eigenvalue weighted by atomic mass is 9.73. The van der Waals surface area contributed by atoms with Gasteiger partial charge >= 0.3 is 5.97 Å². The van der Waals surface area contributed by atoms with Crippen LogP contribution in [-0.2, 0) is 38.1 Å². The van der Waals surface area contributed by atoms with E-state index in [9.17, 15) is 34.8 Å². The van der Waals surface area contributed by atoms with E-state index in [4.69, 9.17) is 35.3 Å². The molecule has 14 unspecified atom stereocenters. The molecule has 0 aromatic heterocycles. The SMILES string of the molecule is CCC(C(=O)C(C)(O)C1CCC(CC)(C2CCC(O)(C(C)OC)C(C)O2)O1)C(O)C(C)C1OC(CC(=O)C2=C(O)C(=CCl)OC2=O)C(C)CC1C. The Balaban J connectivity index is 1.45. The van der Waals surface area contributed by atoms with Crippen LogP contribution in [0.1, 0.15) is 107 Å². The summed E-state index contributed by atoms with van der Waals surface area (Å²) in [7, 11) is 1.56. The predicted molar refractivity (Wildman–Crippen MR) is 188 cm³/mol. The lowest BCUT2D eigenvalue weighted by Gasteiger charge is -2.49. The Morgan fingerprint density at radius 2 is 1.78 bits per heavy atom. The van der Waals surface area contributed by atoms with Gasteiger partial charge in [-0.3, -0.25) is 9.59 Å². The summed E-state index contributed by atoms with van der Waals surface area (Å²) < 4.78 is 29.7. The minimum Gasteiger partial charge on any atom is -0.504 e. The monoisotopic (exact) mass is 742 g/mol. The lowest BCUT2D eigenvalue weighted by Crippen LogP contribution is -2.60. The molecule has 12 nitrogen and oxygen atoms in total. The fourth-order valence-electron chi connectivity index (χ4n) is 8.95. The molecular formula is C38H59ClO12. The first-order valence-corrected chi connectivity index (χ1v) is 18.9. The van der Waals surface area contributed by atoms with E-state index < -0.39 is 94.1 Å². The molecule has 51 heavy (non-hydrogen) atoms. The number of carbonyl (C=O) groups is 3. The van der Waals surface area contributed by atoms with Gasteiger partial charge in [0.05, 0.1) is 53.9 Å². The van der Waals surface area contributed by atoms with Crippen LogP contribution in [0, 0.1) is 23.7 Å². The third kappa shape index (κ3) is 7.85. The molecule has 0 saturated carbocycles. The largest absolute Gasteiger partial charge is 0.504 e. The predicted octanol–water partition coefficient (Wildman–Crippen LogP) is 4.83. The maximum absolute atomic E-state index is 14.2. The quantitative estimate of drug-likeness (QED) is 0.141. The summed E-state index contributed by atoms with van der Waals surface area (Å²) in [6.45, 7) is 14.6. The van der Waals surface area contributed by atoms with Gasteiger partial charge in [0.25, 0.3) is 0 Å². The molecule has 4 rings (SSSR count). The van der Waals surface area contributed by atoms with Crippen LogP contribution in [0.2, 0.25) is 0 Å². The van der Waals surface area contributed by atoms with Crippen LogP contribution in [0.5, 0.6) is 0 Å². The zero-order valence-electron chi connectivity index (χ0n) is 31.5. The van der Waals surface area contributed by atoms with Crippen LogP contribution in [0.25, 0.3) is 0 Å². The molecule has 13 heteroatoms. The van der Waals surface area contributed by atoms with E-state index in [-0.39, 0.29) is 36.5 Å². The number of carbonyl (C=O) groups excluding carboxylic acids is 3. The van der Waals surface area contributed by atoms with E-state index in [0.29, 0.717) is 38.5 Å². The lowest BCUT2D eigenvalue weighted by molar-refractivity contribution is -0.255. The van der Waals surface area contributed by atoms with E-state index >= 15 is 0 Å². The highest BCUT2D eigenvalue weighted by atomic mass is 35.5. The summed E-state index contributed by atoms with van der Waals surface area (Å²) in [5.74, 6) is -4.65. The van der Waals surface area contributed by atoms with Gasteiger partial charge in [0.1, 0.15) is 16.8 Å². The first-order valence-electron chi connectivity index (χ1n) is 18.5. The maximum atomic E-state index is 14.2. The molecule has 290 valence electrons. The normalized spacial score (nSPS) is 39.0. The molecule has 0 spiro atoms. The zero-order valence-corrected chi connectivity index (χ0v) is 32.3. The molecule has 14 atom stereocenters. The van der Waals surface area contributed by atoms with Crippen molar-refractivity contribution < 1.29 is 58.5 Å². The van der Waals surface area contributed by atoms with Crippen LogP contribution in [0.4, 0.5) is 0 Å². The van der Waals surface area contributed by atoms with Crippen LogP contribution in [-0.4, -0.2) is 105 Å². The van der Waals surface area contributed by atoms with E-state index in [1.807, 2.05) is 34.6 Å². The second-order valence-electron chi connectivity index (χ2n) is 15.7. The Morgan fingerprint density at radius 3 is 2.33 bits per heavy atom. The van der Waals surface area contributed by atoms with Crippen LogP contribution in [0.15, 0.2) is 22.6 Å². The Hall–Kier alpha value is -1.90. The number of halogens is 1. The summed E-state index contributed by atoms with van der Waals surface area (Å²) in [6, 6.07) is 0. The van der Waals surface area contributed by atoms with Crippen molar-refractivity contribution >= 4 is 29.1 Å². The first-order chi connectivity index (χ1) is 23.8. The number of hydrogen-bond donors (Lipinski definition) is 4. The third-order valence-electron chi connectivity index (χ3n) is 12.6. The van der Waals surface area contributed by atoms with Crippen LogP contribution >= 0.6 is 11.6 Å². The van der Waals surface area contributed by atoms with E-state index in [2.05, 4.69) is 0 Å². The molecule has 0 radical (unpaired) electrons. The Kier molecular flexibility index (Phi) is 13.3. The Labute approximate surface area is 306 Å². The number of esters is 1. The fraction of sp³-hybridized carbons (Fsp3) is 0.816. The van der Waals surface area contributed by atoms with E-state index in [0.717, 1.165) is 5.54 Å². The van der Waals surface area contributed by atoms with Crippen molar-refractivity contribution in [2.45, 2.75) is 166 Å². The van der Waals surface area contributed by atoms with Gasteiger partial charge in [-0.25, -0.2) is 4.79 Å². The number of methoxy groups -OCH3 is 1. The standard InChI is InChI=1S/C38H59ClO12/c1-10-24(31(41)21(5)33-20(4)16-19(3)26(49-33)17-25(40)30-32(42)27(18-39)50-35(30)44)34(43)36(8,45)28-12-14-37(11-2,51-28)29-13-15-38(46,22(6)47-9)23(7)48-29/h18-24,26,28-29,31,33,41-42,45-46H,10-17H2,1-9H3. The topological polar surface area (TPSA) is 178 Å². The van der Waals surface area contributed by atoms with Crippen molar-refractivity contribution in [3.8, 4) is 0 Å². The molecule has 4 aliphatic rings. The Morgan fingerprint density at radius 1 is 1.12 bits per heavy atom. The summed E-state index contributed by atoms with van der Waals surface area (Å²) >= 11 is 5.60. The average Bonchev–Trinajstić information content (AvgIpc) is 3.67. The van der Waals surface area contributed by atoms with E-state index in [1.54, 1.807) is 21.0 Å². The molecule has 3 fully saturated rings. The third-order valence-corrected chi connectivity index (χ3v) is 12.8. The molecule has 0 aromatic rings. The molecule has 4 heterocycles. The van der Waals surface area contributed by atoms with Crippen molar-refractivity contribution in [1.29, 1.82) is 0 Å². The summed E-state index contributed by atoms with van der Waals surface area (Å²) in [4.78, 5) is 39.6. The molecule has 0 bridgehead atoms. The number of Topliss-reactive ketones (excluding diaryl/α,β-unsaturated/α-hetero) is 2. The average molecular weight is 743 g/mol. The van der Waals surface area contributed by atoms with Crippen LogP contribution in [0.3, 0.4) is 0 Å². The van der Waals surface area contributed by atoms with Gasteiger partial charge in [-0.1, -0.05) is 46.2 Å². The van der Waals surface area contributed by atoms with Gasteiger partial charge in [-0.05, 0) is 77.6 Å². The molecule has 4 aliphatic heterocycles. The molecule has 3 saturated heterocycles. The van der Waals surface area contributed by atoms with Crippen molar-refractivity contribution in [2.24, 2.45) is 23.7 Å². The number of ether oxygens (including phenoxy) is 5. The highest BCUT2D eigenvalue weighted by Crippen LogP contribution is 2.47. The van der Waals surface area contributed by atoms with Crippen LogP contribution < -0.4 is 0 Å². The van der Waals surface area contributed by atoms with Gasteiger partial charge in [0, 0.05) is 25.4 Å². The zero-order chi connectivity index (χ0) is 38.2. The van der Waals surface area contributed by atoms with Gasteiger partial charge in [0.2, 0.25) is 0 Å². The smallest absolute Gasteiger partial charge is 0.351 e. The first kappa shape index (κ1) is 41.9. The molecule has 0 aliphatic carbocycles. The maximum Gasteiger partial charge on any atom is 0.351 e. The summed E-state index contributed by atoms with van der Waals surface area (Å²) in [5, 5.41) is 45.2. The highest BCUT2D eigenvalue weighted by Gasteiger charge is 2.57. The number of aliphatic hydroxyl groups excluding tert-OH is 2. The van der Waals surface area contributed by atoms with Crippen molar-refractivity contribution in [2.75, 3.05) is 7.11 Å². The second-order valence-corrected chi connectivity index (χ2v) is 15.9. The van der Waals surface area contributed by atoms with Crippen molar-refractivity contribution in [1.82, 2.24) is 0 Å². The van der Waals surface area contributed by atoms with Gasteiger partial charge in [-0.15, -0.1) is 0 Å². The number of cyclic esters (lactones) is 1. The van der Waals surface area contributed by atoms with Gasteiger partial charge in [-0.2, -0.15) is 0 Å². The number of rotatable bonds is 14. The fourth-order valence-corrected chi connectivity index (χ4v) is 9.10. The van der Waals surface area contributed by atoms with Gasteiger partial charge < -0.3 is 44.1 Å². The van der Waals surface area contributed by atoms with E-state index in [1.165, 1.54) is 6.92 Å². The molecule has 0 aromatic carbocycles. The highest BCUT2D eigenvalue weighted by molar-refractivity contribution is 6.27. The molecular weight excluding hydrogens is 684 g/mol. The molecule has 4 N–H and O–H groups in total. The minimum atomic E-state index is -1.91. The van der Waals surface area contributed by atoms with Crippen molar-refractivity contribution in [3.05, 3.63) is 22.6 Å². The number of hydrogen-bond acceptors (Lipinski definition) is 12.